The fraction of sp³-hybridized carbons (Fsp3) is 0.462. The number of allylic oxidation sites excluding steroid dienone is 1. The minimum atomic E-state index is -1.07. The third-order valence-electron chi connectivity index (χ3n) is 2.95. The van der Waals surface area contributed by atoms with E-state index >= 15 is 0 Å². The van der Waals surface area contributed by atoms with Crippen LogP contribution < -0.4 is 5.32 Å². The van der Waals surface area contributed by atoms with Crippen molar-refractivity contribution in [1.29, 1.82) is 0 Å². The average Bonchev–Trinajstić information content (AvgIpc) is 3.11. The lowest BCUT2D eigenvalue weighted by molar-refractivity contribution is -0.139. The van der Waals surface area contributed by atoms with Crippen molar-refractivity contribution >= 4 is 11.9 Å². The monoisotopic (exact) mass is 264 g/mol. The van der Waals surface area contributed by atoms with Crippen molar-refractivity contribution in [2.75, 3.05) is 0 Å². The highest BCUT2D eigenvalue weighted by atomic mass is 16.5. The molecule has 1 amide bonds. The number of hydrogen-bond donors (Lipinski definition) is 2. The van der Waals surface area contributed by atoms with Crippen LogP contribution in [-0.4, -0.2) is 28.2 Å². The van der Waals surface area contributed by atoms with E-state index in [4.69, 9.17) is 9.63 Å². The van der Waals surface area contributed by atoms with Gasteiger partial charge in [-0.05, 0) is 26.2 Å². The average molecular weight is 264 g/mol. The molecule has 0 bridgehead atoms. The van der Waals surface area contributed by atoms with Gasteiger partial charge < -0.3 is 14.9 Å². The Morgan fingerprint density at radius 3 is 2.95 bits per heavy atom. The summed E-state index contributed by atoms with van der Waals surface area (Å²) in [6.45, 7) is 1.79. The van der Waals surface area contributed by atoms with Crippen LogP contribution in [0.1, 0.15) is 48.4 Å². The lowest BCUT2D eigenvalue weighted by Gasteiger charge is -2.10. The van der Waals surface area contributed by atoms with E-state index in [0.717, 1.165) is 12.8 Å². The number of nitrogens with zero attached hydrogens (tertiary/aromatic N) is 1. The highest BCUT2D eigenvalue weighted by molar-refractivity contribution is 5.94. The molecule has 0 saturated heterocycles. The normalized spacial score (nSPS) is 16.5. The zero-order chi connectivity index (χ0) is 13.8. The molecule has 6 heteroatoms. The van der Waals surface area contributed by atoms with E-state index in [1.807, 2.05) is 0 Å². The van der Waals surface area contributed by atoms with Gasteiger partial charge in [-0.25, -0.2) is 4.79 Å². The summed E-state index contributed by atoms with van der Waals surface area (Å²) < 4.78 is 5.06. The van der Waals surface area contributed by atoms with E-state index in [1.165, 1.54) is 0 Å². The maximum Gasteiger partial charge on any atom is 0.326 e. The Labute approximate surface area is 110 Å². The molecule has 0 aromatic carbocycles. The van der Waals surface area contributed by atoms with Crippen LogP contribution in [0.4, 0.5) is 0 Å². The molecule has 1 unspecified atom stereocenters. The lowest BCUT2D eigenvalue weighted by Crippen LogP contribution is -2.40. The second-order valence-corrected chi connectivity index (χ2v) is 4.56. The second-order valence-electron chi connectivity index (χ2n) is 4.56. The van der Waals surface area contributed by atoms with Gasteiger partial charge in [0.05, 0.1) is 0 Å². The fourth-order valence-electron chi connectivity index (χ4n) is 1.68. The van der Waals surface area contributed by atoms with Gasteiger partial charge >= 0.3 is 5.97 Å². The molecule has 1 atom stereocenters. The summed E-state index contributed by atoms with van der Waals surface area (Å²) in [4.78, 5) is 22.9. The van der Waals surface area contributed by atoms with Crippen molar-refractivity contribution in [3.05, 3.63) is 29.7 Å². The topological polar surface area (TPSA) is 92.4 Å². The van der Waals surface area contributed by atoms with Crippen LogP contribution in [0.25, 0.3) is 0 Å². The van der Waals surface area contributed by atoms with Crippen LogP contribution in [-0.2, 0) is 4.79 Å². The van der Waals surface area contributed by atoms with Crippen molar-refractivity contribution in [2.24, 2.45) is 0 Å². The zero-order valence-corrected chi connectivity index (χ0v) is 10.6. The van der Waals surface area contributed by atoms with E-state index in [1.54, 1.807) is 25.1 Å². The molecule has 1 aromatic heterocycles. The van der Waals surface area contributed by atoms with E-state index < -0.39 is 17.9 Å². The SMILES string of the molecule is C/C=C/CC(NC(=O)c1cc(C2CC2)on1)C(=O)O. The second kappa shape index (κ2) is 5.69. The van der Waals surface area contributed by atoms with Gasteiger partial charge in [0.15, 0.2) is 5.69 Å². The Morgan fingerprint density at radius 2 is 2.37 bits per heavy atom. The molecule has 102 valence electrons. The first-order valence-corrected chi connectivity index (χ1v) is 6.23. The van der Waals surface area contributed by atoms with Crippen LogP contribution in [0, 0.1) is 0 Å². The van der Waals surface area contributed by atoms with Crippen LogP contribution >= 0.6 is 0 Å². The first-order valence-electron chi connectivity index (χ1n) is 6.23. The summed E-state index contributed by atoms with van der Waals surface area (Å²) in [5.41, 5.74) is 0.133. The Morgan fingerprint density at radius 1 is 1.63 bits per heavy atom. The Hall–Kier alpha value is -2.11. The number of carbonyl (C=O) groups excluding carboxylic acids is 1. The molecule has 1 aliphatic rings. The number of amides is 1. The van der Waals surface area contributed by atoms with E-state index in [-0.39, 0.29) is 12.1 Å². The van der Waals surface area contributed by atoms with Crippen molar-refractivity contribution in [2.45, 2.75) is 38.1 Å². The number of aliphatic carboxylic acids is 1. The maximum atomic E-state index is 11.9. The molecule has 2 N–H and O–H groups in total. The van der Waals surface area contributed by atoms with Gasteiger partial charge in [-0.3, -0.25) is 4.79 Å². The Balaban J connectivity index is 1.98. The molecule has 1 heterocycles. The molecular formula is C13H16N2O4. The van der Waals surface area contributed by atoms with Gasteiger partial charge in [0, 0.05) is 12.0 Å². The van der Waals surface area contributed by atoms with Gasteiger partial charge in [0.25, 0.3) is 5.91 Å². The van der Waals surface area contributed by atoms with E-state index in [0.29, 0.717) is 11.7 Å². The largest absolute Gasteiger partial charge is 0.480 e. The molecule has 2 rings (SSSR count). The number of carboxylic acids is 1. The molecule has 1 fully saturated rings. The number of carboxylic acid groups (broad SMARTS) is 1. The smallest absolute Gasteiger partial charge is 0.326 e. The van der Waals surface area contributed by atoms with Gasteiger partial charge in [-0.1, -0.05) is 17.3 Å². The molecule has 0 aliphatic heterocycles. The number of nitrogens with one attached hydrogen (secondary N) is 1. The van der Waals surface area contributed by atoms with Crippen molar-refractivity contribution in [3.63, 3.8) is 0 Å². The molecule has 1 saturated carbocycles. The highest BCUT2D eigenvalue weighted by Crippen LogP contribution is 2.40. The predicted octanol–water partition coefficient (Wildman–Crippen LogP) is 1.70. The van der Waals surface area contributed by atoms with Crippen LogP contribution in [0.2, 0.25) is 0 Å². The predicted molar refractivity (Wildman–Crippen MR) is 66.8 cm³/mol. The third-order valence-corrected chi connectivity index (χ3v) is 2.95. The molecule has 1 aliphatic carbocycles. The van der Waals surface area contributed by atoms with Crippen molar-refractivity contribution in [3.8, 4) is 0 Å². The van der Waals surface area contributed by atoms with Crippen LogP contribution in [0.5, 0.6) is 0 Å². The number of aromatic nitrogens is 1. The first-order chi connectivity index (χ1) is 9.11. The number of carbonyl (C=O) groups is 2. The van der Waals surface area contributed by atoms with Gasteiger partial charge in [0.2, 0.25) is 0 Å². The third kappa shape index (κ3) is 3.43. The van der Waals surface area contributed by atoms with Crippen molar-refractivity contribution in [1.82, 2.24) is 10.5 Å². The highest BCUT2D eigenvalue weighted by Gasteiger charge is 2.29. The maximum absolute atomic E-state index is 11.9. The van der Waals surface area contributed by atoms with E-state index in [9.17, 15) is 9.59 Å². The summed E-state index contributed by atoms with van der Waals surface area (Å²) in [5, 5.41) is 15.1. The summed E-state index contributed by atoms with van der Waals surface area (Å²) in [6.07, 6.45) is 5.77. The quantitative estimate of drug-likeness (QED) is 0.763. The van der Waals surface area contributed by atoms with Gasteiger partial charge in [-0.15, -0.1) is 0 Å². The summed E-state index contributed by atoms with van der Waals surface area (Å²) in [5.74, 6) is -0.525. The summed E-state index contributed by atoms with van der Waals surface area (Å²) in [6, 6.07) is 0.631. The Kier molecular flexibility index (Phi) is 3.99. The summed E-state index contributed by atoms with van der Waals surface area (Å²) >= 11 is 0. The first kappa shape index (κ1) is 13.3. The lowest BCUT2D eigenvalue weighted by atomic mass is 10.2. The number of hydrogen-bond acceptors (Lipinski definition) is 4. The standard InChI is InChI=1S/C13H16N2O4/c1-2-3-4-9(13(17)18)14-12(16)10-7-11(19-15-10)8-5-6-8/h2-3,7-9H,4-6H2,1H3,(H,14,16)(H,17,18)/b3-2+. The molecule has 1 aromatic rings. The number of rotatable bonds is 6. The van der Waals surface area contributed by atoms with Crippen LogP contribution in [0.15, 0.2) is 22.7 Å². The summed E-state index contributed by atoms with van der Waals surface area (Å²) in [7, 11) is 0. The van der Waals surface area contributed by atoms with Gasteiger partial charge in [-0.2, -0.15) is 0 Å². The van der Waals surface area contributed by atoms with E-state index in [2.05, 4.69) is 10.5 Å². The Bertz CT molecular complexity index is 502. The fourth-order valence-corrected chi connectivity index (χ4v) is 1.68. The molecular weight excluding hydrogens is 248 g/mol. The zero-order valence-electron chi connectivity index (χ0n) is 10.6. The van der Waals surface area contributed by atoms with Gasteiger partial charge in [0.1, 0.15) is 11.8 Å². The minimum absolute atomic E-state index is 0.133. The molecule has 0 radical (unpaired) electrons. The van der Waals surface area contributed by atoms with Crippen molar-refractivity contribution < 1.29 is 19.2 Å². The minimum Gasteiger partial charge on any atom is -0.480 e. The molecule has 0 spiro atoms. The molecule has 19 heavy (non-hydrogen) atoms. The van der Waals surface area contributed by atoms with Crippen LogP contribution in [0.3, 0.4) is 0 Å². The molecule has 6 nitrogen and oxygen atoms in total.